The zero-order valence-electron chi connectivity index (χ0n) is 14.3. The van der Waals surface area contributed by atoms with Crippen molar-refractivity contribution in [1.29, 1.82) is 0 Å². The molecule has 3 heterocycles. The van der Waals surface area contributed by atoms with Crippen LogP contribution in [0.5, 0.6) is 0 Å². The highest BCUT2D eigenvalue weighted by molar-refractivity contribution is 7.13. The lowest BCUT2D eigenvalue weighted by atomic mass is 9.85. The maximum absolute atomic E-state index is 13.0. The molecule has 1 spiro atoms. The van der Waals surface area contributed by atoms with E-state index in [1.807, 2.05) is 15.2 Å². The topological polar surface area (TPSA) is 79.5 Å². The van der Waals surface area contributed by atoms with Crippen molar-refractivity contribution in [2.45, 2.75) is 57.4 Å². The minimum Gasteiger partial charge on any atom is -0.375 e. The van der Waals surface area contributed by atoms with Gasteiger partial charge in [0.2, 0.25) is 11.8 Å². The highest BCUT2D eigenvalue weighted by Gasteiger charge is 2.52. The van der Waals surface area contributed by atoms with Gasteiger partial charge >= 0.3 is 0 Å². The third kappa shape index (κ3) is 3.14. The van der Waals surface area contributed by atoms with Gasteiger partial charge in [0.25, 0.3) is 0 Å². The standard InChI is InChI=1S/C17H26N4O2S/c1-2-9-20-10-3-7-17(15(20)23)8-4-11-21(17)14(22)6-5-13-12-24-16(18)19-13/h12H,2-11H2,1H3,(H2,18,19). The molecule has 7 heteroatoms. The second kappa shape index (κ2) is 7.09. The molecule has 1 aromatic heterocycles. The van der Waals surface area contributed by atoms with Crippen molar-refractivity contribution in [2.75, 3.05) is 25.4 Å². The molecule has 0 aliphatic carbocycles. The van der Waals surface area contributed by atoms with Gasteiger partial charge in [-0.3, -0.25) is 9.59 Å². The lowest BCUT2D eigenvalue weighted by Crippen LogP contribution is -2.61. The van der Waals surface area contributed by atoms with Crippen LogP contribution in [0.15, 0.2) is 5.38 Å². The van der Waals surface area contributed by atoms with Gasteiger partial charge in [-0.2, -0.15) is 0 Å². The van der Waals surface area contributed by atoms with Crippen LogP contribution in [0.4, 0.5) is 5.13 Å². The van der Waals surface area contributed by atoms with Crippen molar-refractivity contribution in [1.82, 2.24) is 14.8 Å². The van der Waals surface area contributed by atoms with Gasteiger partial charge in [-0.1, -0.05) is 6.92 Å². The number of aryl methyl sites for hydroxylation is 1. The SMILES string of the molecule is CCCN1CCCC2(CCCN2C(=O)CCc2csc(N)n2)C1=O. The van der Waals surface area contributed by atoms with Crippen LogP contribution in [0.25, 0.3) is 0 Å². The number of amides is 2. The number of piperidine rings is 1. The van der Waals surface area contributed by atoms with Crippen LogP contribution in [0.3, 0.4) is 0 Å². The molecule has 1 atom stereocenters. The molecule has 2 amide bonds. The number of likely N-dealkylation sites (tertiary alicyclic amines) is 2. The zero-order chi connectivity index (χ0) is 17.2. The van der Waals surface area contributed by atoms with E-state index in [1.165, 1.54) is 11.3 Å². The number of hydrogen-bond donors (Lipinski definition) is 1. The quantitative estimate of drug-likeness (QED) is 0.881. The molecule has 132 valence electrons. The van der Waals surface area contributed by atoms with Gasteiger partial charge in [-0.25, -0.2) is 4.98 Å². The van der Waals surface area contributed by atoms with Crippen molar-refractivity contribution in [3.05, 3.63) is 11.1 Å². The van der Waals surface area contributed by atoms with Gasteiger partial charge in [0.1, 0.15) is 5.54 Å². The van der Waals surface area contributed by atoms with Crippen molar-refractivity contribution in [3.8, 4) is 0 Å². The largest absolute Gasteiger partial charge is 0.375 e. The predicted molar refractivity (Wildman–Crippen MR) is 94.6 cm³/mol. The fourth-order valence-corrected chi connectivity index (χ4v) is 4.68. The summed E-state index contributed by atoms with van der Waals surface area (Å²) >= 11 is 1.40. The fraction of sp³-hybridized carbons (Fsp3) is 0.706. The number of nitrogens with zero attached hydrogens (tertiary/aromatic N) is 3. The number of hydrogen-bond acceptors (Lipinski definition) is 5. The number of thiazole rings is 1. The van der Waals surface area contributed by atoms with Crippen LogP contribution < -0.4 is 5.73 Å². The Labute approximate surface area is 147 Å². The molecule has 0 aromatic carbocycles. The Balaban J connectivity index is 1.69. The van der Waals surface area contributed by atoms with E-state index in [0.717, 1.165) is 50.9 Å². The molecular formula is C17H26N4O2S. The van der Waals surface area contributed by atoms with E-state index in [0.29, 0.717) is 24.5 Å². The van der Waals surface area contributed by atoms with E-state index >= 15 is 0 Å². The summed E-state index contributed by atoms with van der Waals surface area (Å²) in [5.41, 5.74) is 5.93. The monoisotopic (exact) mass is 350 g/mol. The second-order valence-electron chi connectivity index (χ2n) is 6.75. The smallest absolute Gasteiger partial charge is 0.248 e. The molecule has 6 nitrogen and oxygen atoms in total. The summed E-state index contributed by atoms with van der Waals surface area (Å²) in [5.74, 6) is 0.241. The number of anilines is 1. The Bertz CT molecular complexity index is 615. The van der Waals surface area contributed by atoms with Crippen LogP contribution in [0, 0.1) is 0 Å². The fourth-order valence-electron chi connectivity index (χ4n) is 4.08. The first kappa shape index (κ1) is 17.2. The van der Waals surface area contributed by atoms with E-state index in [2.05, 4.69) is 11.9 Å². The molecule has 3 rings (SSSR count). The molecule has 2 aliphatic heterocycles. The first-order chi connectivity index (χ1) is 11.6. The number of aromatic nitrogens is 1. The minimum atomic E-state index is -0.578. The molecule has 2 aliphatic rings. The third-order valence-electron chi connectivity index (χ3n) is 5.15. The summed E-state index contributed by atoms with van der Waals surface area (Å²) in [7, 11) is 0. The van der Waals surface area contributed by atoms with Crippen LogP contribution in [0.1, 0.15) is 51.1 Å². The summed E-state index contributed by atoms with van der Waals surface area (Å²) in [6.07, 6.45) is 5.46. The molecule has 0 saturated carbocycles. The Morgan fingerprint density at radius 3 is 2.79 bits per heavy atom. The summed E-state index contributed by atoms with van der Waals surface area (Å²) in [6.45, 7) is 4.41. The lowest BCUT2D eigenvalue weighted by Gasteiger charge is -2.44. The second-order valence-corrected chi connectivity index (χ2v) is 7.64. The van der Waals surface area contributed by atoms with Gasteiger partial charge in [0, 0.05) is 31.4 Å². The zero-order valence-corrected chi connectivity index (χ0v) is 15.1. The van der Waals surface area contributed by atoms with Gasteiger partial charge < -0.3 is 15.5 Å². The average molecular weight is 350 g/mol. The minimum absolute atomic E-state index is 0.0748. The van der Waals surface area contributed by atoms with Gasteiger partial charge in [-0.15, -0.1) is 11.3 Å². The lowest BCUT2D eigenvalue weighted by molar-refractivity contribution is -0.155. The van der Waals surface area contributed by atoms with E-state index in [4.69, 9.17) is 5.73 Å². The molecule has 2 saturated heterocycles. The van der Waals surface area contributed by atoms with Crippen LogP contribution in [0.2, 0.25) is 0 Å². The molecule has 1 aromatic rings. The first-order valence-electron chi connectivity index (χ1n) is 8.86. The van der Waals surface area contributed by atoms with Crippen LogP contribution in [-0.4, -0.2) is 51.8 Å². The first-order valence-corrected chi connectivity index (χ1v) is 9.74. The number of carbonyl (C=O) groups excluding carboxylic acids is 2. The Hall–Kier alpha value is -1.63. The number of nitrogens with two attached hydrogens (primary N) is 1. The summed E-state index contributed by atoms with van der Waals surface area (Å²) in [4.78, 5) is 33.9. The van der Waals surface area contributed by atoms with Gasteiger partial charge in [0.05, 0.1) is 5.69 Å². The van der Waals surface area contributed by atoms with Crippen molar-refractivity contribution in [3.63, 3.8) is 0 Å². The third-order valence-corrected chi connectivity index (χ3v) is 5.87. The normalized spacial score (nSPS) is 24.1. The molecule has 2 fully saturated rings. The highest BCUT2D eigenvalue weighted by Crippen LogP contribution is 2.38. The van der Waals surface area contributed by atoms with E-state index < -0.39 is 5.54 Å². The van der Waals surface area contributed by atoms with Gasteiger partial charge in [0.15, 0.2) is 5.13 Å². The molecule has 0 bridgehead atoms. The van der Waals surface area contributed by atoms with Crippen molar-refractivity contribution < 1.29 is 9.59 Å². The molecular weight excluding hydrogens is 324 g/mol. The Morgan fingerprint density at radius 2 is 2.12 bits per heavy atom. The Kier molecular flexibility index (Phi) is 5.08. The van der Waals surface area contributed by atoms with Crippen LogP contribution >= 0.6 is 11.3 Å². The van der Waals surface area contributed by atoms with E-state index in [1.54, 1.807) is 0 Å². The average Bonchev–Trinajstić information content (AvgIpc) is 3.17. The molecule has 0 radical (unpaired) electrons. The summed E-state index contributed by atoms with van der Waals surface area (Å²) in [5, 5.41) is 2.43. The summed E-state index contributed by atoms with van der Waals surface area (Å²) in [6, 6.07) is 0. The number of nitrogen functional groups attached to an aromatic ring is 1. The highest BCUT2D eigenvalue weighted by atomic mass is 32.1. The summed E-state index contributed by atoms with van der Waals surface area (Å²) < 4.78 is 0. The maximum atomic E-state index is 13.0. The maximum Gasteiger partial charge on any atom is 0.248 e. The van der Waals surface area contributed by atoms with Crippen molar-refractivity contribution >= 4 is 28.3 Å². The van der Waals surface area contributed by atoms with Crippen molar-refractivity contribution in [2.24, 2.45) is 0 Å². The molecule has 2 N–H and O–H groups in total. The van der Waals surface area contributed by atoms with Crippen LogP contribution in [-0.2, 0) is 16.0 Å². The number of carbonyl (C=O) groups is 2. The van der Waals surface area contributed by atoms with E-state index in [9.17, 15) is 9.59 Å². The van der Waals surface area contributed by atoms with E-state index in [-0.39, 0.29) is 11.8 Å². The predicted octanol–water partition coefficient (Wildman–Crippen LogP) is 2.05. The number of rotatable bonds is 5. The van der Waals surface area contributed by atoms with Gasteiger partial charge in [-0.05, 0) is 38.5 Å². The molecule has 24 heavy (non-hydrogen) atoms. The molecule has 1 unspecified atom stereocenters. The Morgan fingerprint density at radius 1 is 1.38 bits per heavy atom.